The number of rotatable bonds is 2. The molecule has 0 aliphatic carbocycles. The fraction of sp³-hybridized carbons (Fsp3) is 1.00. The summed E-state index contributed by atoms with van der Waals surface area (Å²) in [5.74, 6) is 0. The molecule has 2 atom stereocenters. The van der Waals surface area contributed by atoms with Crippen LogP contribution in [0.5, 0.6) is 0 Å². The van der Waals surface area contributed by atoms with E-state index >= 15 is 0 Å². The third kappa shape index (κ3) is 6.40. The molecule has 0 aliphatic rings. The lowest BCUT2D eigenvalue weighted by atomic mass is 10.7. The van der Waals surface area contributed by atoms with Crippen LogP contribution in [0.15, 0.2) is 0 Å². The monoisotopic (exact) mass is 167 g/mol. The molecule has 0 rings (SSSR count). The SMILES string of the molecule is CC(N)OC(C)Br. The van der Waals surface area contributed by atoms with Crippen molar-refractivity contribution in [1.29, 1.82) is 0 Å². The highest BCUT2D eigenvalue weighted by atomic mass is 79.9. The summed E-state index contributed by atoms with van der Waals surface area (Å²) in [4.78, 5) is 0. The molecule has 0 amide bonds. The second-order valence-corrected chi connectivity index (χ2v) is 2.67. The van der Waals surface area contributed by atoms with E-state index in [0.717, 1.165) is 0 Å². The Morgan fingerprint density at radius 2 is 2.00 bits per heavy atom. The van der Waals surface area contributed by atoms with Crippen molar-refractivity contribution in [2.45, 2.75) is 25.1 Å². The predicted octanol–water partition coefficient (Wildman–Crippen LogP) is 1.05. The fourth-order valence-corrected chi connectivity index (χ4v) is 0.636. The van der Waals surface area contributed by atoms with Gasteiger partial charge in [0.25, 0.3) is 0 Å². The van der Waals surface area contributed by atoms with Crippen LogP contribution in [0.3, 0.4) is 0 Å². The summed E-state index contributed by atoms with van der Waals surface area (Å²) in [5.41, 5.74) is 5.24. The van der Waals surface area contributed by atoms with Gasteiger partial charge in [0.15, 0.2) is 0 Å². The zero-order valence-electron chi connectivity index (χ0n) is 4.52. The number of ether oxygens (including phenoxy) is 1. The van der Waals surface area contributed by atoms with Crippen molar-refractivity contribution in [3.05, 3.63) is 0 Å². The summed E-state index contributed by atoms with van der Waals surface area (Å²) in [7, 11) is 0. The summed E-state index contributed by atoms with van der Waals surface area (Å²) < 4.78 is 4.94. The van der Waals surface area contributed by atoms with E-state index in [1.807, 2.05) is 6.92 Å². The molecule has 0 aromatic heterocycles. The number of halogens is 1. The molecular weight excluding hydrogens is 158 g/mol. The molecule has 2 nitrogen and oxygen atoms in total. The first kappa shape index (κ1) is 7.40. The average molecular weight is 168 g/mol. The maximum Gasteiger partial charge on any atom is 0.111 e. The zero-order valence-corrected chi connectivity index (χ0v) is 6.10. The number of nitrogens with two attached hydrogens (primary N) is 1. The molecule has 3 heteroatoms. The maximum atomic E-state index is 5.24. The summed E-state index contributed by atoms with van der Waals surface area (Å²) >= 11 is 3.17. The van der Waals surface area contributed by atoms with Crippen LogP contribution in [-0.2, 0) is 4.74 Å². The minimum absolute atomic E-state index is 0.0625. The number of hydrogen-bond acceptors (Lipinski definition) is 2. The standard InChI is InChI=1S/C4H10BrNO/c1-3(5)7-4(2)6/h3-4H,6H2,1-2H3. The Morgan fingerprint density at radius 1 is 1.57 bits per heavy atom. The molecule has 44 valence electrons. The van der Waals surface area contributed by atoms with Gasteiger partial charge in [-0.15, -0.1) is 0 Å². The second kappa shape index (κ2) is 3.41. The van der Waals surface area contributed by atoms with Gasteiger partial charge in [0.1, 0.15) is 11.2 Å². The molecule has 0 saturated carbocycles. The molecule has 0 bridgehead atoms. The lowest BCUT2D eigenvalue weighted by Gasteiger charge is -2.07. The summed E-state index contributed by atoms with van der Waals surface area (Å²) in [6, 6.07) is 0. The predicted molar refractivity (Wildman–Crippen MR) is 33.1 cm³/mol. The molecular formula is C4H10BrNO. The van der Waals surface area contributed by atoms with E-state index in [1.165, 1.54) is 0 Å². The first-order valence-corrected chi connectivity index (χ1v) is 3.09. The number of hydrogen-bond donors (Lipinski definition) is 1. The average Bonchev–Trinajstić information content (AvgIpc) is 1.27. The van der Waals surface area contributed by atoms with E-state index in [4.69, 9.17) is 10.5 Å². The van der Waals surface area contributed by atoms with E-state index in [0.29, 0.717) is 0 Å². The molecule has 0 aromatic rings. The van der Waals surface area contributed by atoms with Crippen LogP contribution in [0, 0.1) is 0 Å². The molecule has 0 saturated heterocycles. The van der Waals surface area contributed by atoms with Gasteiger partial charge in [-0.25, -0.2) is 0 Å². The lowest BCUT2D eigenvalue weighted by molar-refractivity contribution is 0.0648. The number of alkyl halides is 1. The molecule has 0 aliphatic heterocycles. The van der Waals surface area contributed by atoms with Gasteiger partial charge in [-0.2, -0.15) is 0 Å². The third-order valence-electron chi connectivity index (χ3n) is 0.402. The van der Waals surface area contributed by atoms with Gasteiger partial charge in [-0.05, 0) is 13.8 Å². The van der Waals surface area contributed by atoms with Gasteiger partial charge in [0.05, 0.1) is 0 Å². The van der Waals surface area contributed by atoms with E-state index in [-0.39, 0.29) is 11.2 Å². The van der Waals surface area contributed by atoms with Crippen molar-refractivity contribution in [3.8, 4) is 0 Å². The summed E-state index contributed by atoms with van der Waals surface area (Å²) in [6.45, 7) is 3.67. The van der Waals surface area contributed by atoms with E-state index in [9.17, 15) is 0 Å². The van der Waals surface area contributed by atoms with Crippen LogP contribution in [-0.4, -0.2) is 11.2 Å². The van der Waals surface area contributed by atoms with E-state index < -0.39 is 0 Å². The van der Waals surface area contributed by atoms with Crippen LogP contribution in [0.2, 0.25) is 0 Å². The molecule has 0 spiro atoms. The van der Waals surface area contributed by atoms with Gasteiger partial charge < -0.3 is 10.5 Å². The molecule has 2 N–H and O–H groups in total. The summed E-state index contributed by atoms with van der Waals surface area (Å²) in [5, 5.41) is 0.0625. The normalized spacial score (nSPS) is 18.9. The largest absolute Gasteiger partial charge is 0.350 e. The lowest BCUT2D eigenvalue weighted by Crippen LogP contribution is -2.21. The maximum absolute atomic E-state index is 5.24. The molecule has 0 heterocycles. The Kier molecular flexibility index (Phi) is 3.60. The van der Waals surface area contributed by atoms with Crippen molar-refractivity contribution >= 4 is 15.9 Å². The Bertz CT molecular complexity index is 41.0. The van der Waals surface area contributed by atoms with E-state index in [2.05, 4.69) is 15.9 Å². The first-order valence-electron chi connectivity index (χ1n) is 2.18. The minimum Gasteiger partial charge on any atom is -0.350 e. The van der Waals surface area contributed by atoms with Gasteiger partial charge in [-0.1, -0.05) is 15.9 Å². The molecule has 2 unspecified atom stereocenters. The first-order chi connectivity index (χ1) is 3.13. The quantitative estimate of drug-likeness (QED) is 0.494. The van der Waals surface area contributed by atoms with Crippen molar-refractivity contribution in [2.75, 3.05) is 0 Å². The van der Waals surface area contributed by atoms with Gasteiger partial charge in [0, 0.05) is 0 Å². The molecule has 0 fully saturated rings. The topological polar surface area (TPSA) is 35.2 Å². The Balaban J connectivity index is 2.95. The molecule has 0 radical (unpaired) electrons. The Morgan fingerprint density at radius 3 is 2.00 bits per heavy atom. The van der Waals surface area contributed by atoms with E-state index in [1.54, 1.807) is 6.92 Å². The Hall–Kier alpha value is 0.400. The zero-order chi connectivity index (χ0) is 5.86. The van der Waals surface area contributed by atoms with Crippen LogP contribution in [0.1, 0.15) is 13.8 Å². The Labute approximate surface area is 52.2 Å². The second-order valence-electron chi connectivity index (χ2n) is 1.38. The van der Waals surface area contributed by atoms with Gasteiger partial charge in [-0.3, -0.25) is 0 Å². The van der Waals surface area contributed by atoms with Crippen molar-refractivity contribution in [2.24, 2.45) is 5.73 Å². The minimum atomic E-state index is -0.172. The fourth-order valence-electron chi connectivity index (χ4n) is 0.296. The van der Waals surface area contributed by atoms with Crippen LogP contribution in [0.25, 0.3) is 0 Å². The van der Waals surface area contributed by atoms with Gasteiger partial charge >= 0.3 is 0 Å². The van der Waals surface area contributed by atoms with Gasteiger partial charge in [0.2, 0.25) is 0 Å². The van der Waals surface area contributed by atoms with Crippen molar-refractivity contribution in [1.82, 2.24) is 0 Å². The highest BCUT2D eigenvalue weighted by molar-refractivity contribution is 9.09. The smallest absolute Gasteiger partial charge is 0.111 e. The highest BCUT2D eigenvalue weighted by Crippen LogP contribution is 1.99. The molecule has 0 aromatic carbocycles. The summed E-state index contributed by atoms with van der Waals surface area (Å²) in [6.07, 6.45) is -0.172. The molecule has 7 heavy (non-hydrogen) atoms. The van der Waals surface area contributed by atoms with Crippen LogP contribution >= 0.6 is 15.9 Å². The van der Waals surface area contributed by atoms with Crippen molar-refractivity contribution < 1.29 is 4.74 Å². The van der Waals surface area contributed by atoms with Crippen molar-refractivity contribution in [3.63, 3.8) is 0 Å². The third-order valence-corrected chi connectivity index (χ3v) is 0.618. The van der Waals surface area contributed by atoms with Crippen LogP contribution in [0.4, 0.5) is 0 Å². The highest BCUT2D eigenvalue weighted by Gasteiger charge is 1.96. The van der Waals surface area contributed by atoms with Crippen LogP contribution < -0.4 is 5.73 Å².